The summed E-state index contributed by atoms with van der Waals surface area (Å²) in [6, 6.07) is -0.0607. The minimum atomic E-state index is -0.371. The number of aromatic nitrogens is 2. The van der Waals surface area contributed by atoms with Crippen LogP contribution >= 0.6 is 0 Å². The Balaban J connectivity index is 2.35. The van der Waals surface area contributed by atoms with Crippen LogP contribution in [0.15, 0.2) is 15.8 Å². The molecule has 0 spiro atoms. The third kappa shape index (κ3) is 2.50. The molecule has 3 unspecified atom stereocenters. The molecule has 2 N–H and O–H groups in total. The Morgan fingerprint density at radius 2 is 2.16 bits per heavy atom. The van der Waals surface area contributed by atoms with Crippen molar-refractivity contribution in [1.82, 2.24) is 9.13 Å². The molecule has 3 atom stereocenters. The maximum atomic E-state index is 12.1. The lowest BCUT2D eigenvalue weighted by Crippen LogP contribution is -2.40. The first-order valence-corrected chi connectivity index (χ1v) is 6.65. The zero-order valence-corrected chi connectivity index (χ0v) is 11.6. The zero-order chi connectivity index (χ0) is 14.2. The lowest BCUT2D eigenvalue weighted by molar-refractivity contribution is -0.00722. The average Bonchev–Trinajstić information content (AvgIpc) is 2.73. The lowest BCUT2D eigenvalue weighted by atomic mass is 10.1. The molecule has 0 aliphatic carbocycles. The Kier molecular flexibility index (Phi) is 3.91. The third-order valence-corrected chi connectivity index (χ3v) is 3.65. The largest absolute Gasteiger partial charge is 0.353 e. The second-order valence-electron chi connectivity index (χ2n) is 5.18. The van der Waals surface area contributed by atoms with Gasteiger partial charge >= 0.3 is 5.69 Å². The van der Waals surface area contributed by atoms with Gasteiger partial charge in [0.1, 0.15) is 6.23 Å². The maximum absolute atomic E-state index is 12.1. The molecule has 0 saturated carbocycles. The van der Waals surface area contributed by atoms with E-state index in [0.717, 1.165) is 17.4 Å². The van der Waals surface area contributed by atoms with Gasteiger partial charge in [-0.1, -0.05) is 13.3 Å². The van der Waals surface area contributed by atoms with Gasteiger partial charge in [0.15, 0.2) is 0 Å². The van der Waals surface area contributed by atoms with E-state index in [1.54, 1.807) is 13.1 Å². The number of ether oxygens (including phenoxy) is 1. The van der Waals surface area contributed by atoms with Crippen LogP contribution in [0.25, 0.3) is 0 Å². The monoisotopic (exact) mass is 267 g/mol. The van der Waals surface area contributed by atoms with Gasteiger partial charge in [0, 0.05) is 31.3 Å². The average molecular weight is 267 g/mol. The maximum Gasteiger partial charge on any atom is 0.332 e. The molecule has 0 bridgehead atoms. The van der Waals surface area contributed by atoms with Crippen molar-refractivity contribution in [3.63, 3.8) is 0 Å². The summed E-state index contributed by atoms with van der Waals surface area (Å²) in [5.74, 6) is 0. The normalized spacial score (nSPS) is 26.8. The smallest absolute Gasteiger partial charge is 0.332 e. The molecule has 1 aromatic rings. The molecule has 6 heteroatoms. The van der Waals surface area contributed by atoms with E-state index in [9.17, 15) is 9.59 Å². The van der Waals surface area contributed by atoms with Crippen LogP contribution in [-0.2, 0) is 11.8 Å². The van der Waals surface area contributed by atoms with E-state index in [4.69, 9.17) is 10.5 Å². The minimum Gasteiger partial charge on any atom is -0.353 e. The van der Waals surface area contributed by atoms with Gasteiger partial charge in [-0.2, -0.15) is 0 Å². The predicted molar refractivity (Wildman–Crippen MR) is 72.1 cm³/mol. The summed E-state index contributed by atoms with van der Waals surface area (Å²) in [4.78, 5) is 23.8. The van der Waals surface area contributed by atoms with E-state index >= 15 is 0 Å². The quantitative estimate of drug-likeness (QED) is 0.852. The number of rotatable bonds is 3. The Bertz CT molecular complexity index is 575. The molecule has 106 valence electrons. The first-order chi connectivity index (χ1) is 8.95. The first-order valence-electron chi connectivity index (χ1n) is 6.65. The first kappa shape index (κ1) is 14.0. The van der Waals surface area contributed by atoms with Crippen LogP contribution in [0.1, 0.15) is 38.0 Å². The highest BCUT2D eigenvalue weighted by molar-refractivity contribution is 5.03. The van der Waals surface area contributed by atoms with Gasteiger partial charge in [-0.15, -0.1) is 0 Å². The van der Waals surface area contributed by atoms with Crippen molar-refractivity contribution in [2.24, 2.45) is 12.8 Å². The van der Waals surface area contributed by atoms with Gasteiger partial charge in [-0.25, -0.2) is 4.79 Å². The Morgan fingerprint density at radius 1 is 1.47 bits per heavy atom. The molecule has 19 heavy (non-hydrogen) atoms. The molecule has 0 aromatic carbocycles. The van der Waals surface area contributed by atoms with Crippen molar-refractivity contribution in [1.29, 1.82) is 0 Å². The van der Waals surface area contributed by atoms with Gasteiger partial charge in [-0.05, 0) is 13.3 Å². The summed E-state index contributed by atoms with van der Waals surface area (Å²) in [7, 11) is 1.48. The fourth-order valence-corrected chi connectivity index (χ4v) is 2.54. The van der Waals surface area contributed by atoms with Gasteiger partial charge in [0.2, 0.25) is 0 Å². The van der Waals surface area contributed by atoms with Crippen LogP contribution < -0.4 is 17.0 Å². The highest BCUT2D eigenvalue weighted by Crippen LogP contribution is 2.28. The molecule has 1 fully saturated rings. The van der Waals surface area contributed by atoms with E-state index in [-0.39, 0.29) is 29.6 Å². The van der Waals surface area contributed by atoms with Crippen LogP contribution in [0, 0.1) is 6.92 Å². The molecule has 2 heterocycles. The summed E-state index contributed by atoms with van der Waals surface area (Å²) in [5, 5.41) is 0. The number of aryl methyl sites for hydroxylation is 1. The molecule has 1 aliphatic rings. The third-order valence-electron chi connectivity index (χ3n) is 3.65. The molecule has 1 aliphatic heterocycles. The van der Waals surface area contributed by atoms with Crippen LogP contribution in [0.4, 0.5) is 0 Å². The zero-order valence-electron chi connectivity index (χ0n) is 11.6. The SMILES string of the molecule is CCCC1OC(n2cc(C)c(=O)n(C)c2=O)CC1N. The van der Waals surface area contributed by atoms with E-state index in [2.05, 4.69) is 6.92 Å². The molecule has 2 rings (SSSR count). The standard InChI is InChI=1S/C13H21N3O3/c1-4-5-10-9(14)6-11(19-10)16-7-8(2)12(17)15(3)13(16)18/h7,9-11H,4-6,14H2,1-3H3. The number of hydrogen-bond donors (Lipinski definition) is 1. The van der Waals surface area contributed by atoms with Crippen molar-refractivity contribution < 1.29 is 4.74 Å². The topological polar surface area (TPSA) is 79.2 Å². The highest BCUT2D eigenvalue weighted by Gasteiger charge is 2.33. The van der Waals surface area contributed by atoms with Crippen molar-refractivity contribution in [3.05, 3.63) is 32.6 Å². The molecule has 6 nitrogen and oxygen atoms in total. The number of nitrogens with zero attached hydrogens (tertiary/aromatic N) is 2. The van der Waals surface area contributed by atoms with Crippen molar-refractivity contribution >= 4 is 0 Å². The van der Waals surface area contributed by atoms with Gasteiger partial charge in [0.05, 0.1) is 6.10 Å². The van der Waals surface area contributed by atoms with E-state index in [1.165, 1.54) is 11.6 Å². The Morgan fingerprint density at radius 3 is 2.79 bits per heavy atom. The Labute approximate surface area is 111 Å². The number of hydrogen-bond acceptors (Lipinski definition) is 4. The Hall–Kier alpha value is -1.40. The van der Waals surface area contributed by atoms with Gasteiger partial charge in [-0.3, -0.25) is 13.9 Å². The molecule has 1 aromatic heterocycles. The predicted octanol–water partition coefficient (Wildman–Crippen LogP) is 0.270. The molecule has 1 saturated heterocycles. The second kappa shape index (κ2) is 5.30. The van der Waals surface area contributed by atoms with Crippen molar-refractivity contribution in [2.45, 2.75) is 51.5 Å². The van der Waals surface area contributed by atoms with Crippen LogP contribution in [0.3, 0.4) is 0 Å². The molecular formula is C13H21N3O3. The van der Waals surface area contributed by atoms with E-state index in [0.29, 0.717) is 12.0 Å². The van der Waals surface area contributed by atoms with Crippen LogP contribution in [0.2, 0.25) is 0 Å². The van der Waals surface area contributed by atoms with Crippen molar-refractivity contribution in [2.75, 3.05) is 0 Å². The van der Waals surface area contributed by atoms with Crippen LogP contribution in [-0.4, -0.2) is 21.3 Å². The van der Waals surface area contributed by atoms with E-state index in [1.807, 2.05) is 0 Å². The van der Waals surface area contributed by atoms with Gasteiger partial charge < -0.3 is 10.5 Å². The van der Waals surface area contributed by atoms with Gasteiger partial charge in [0.25, 0.3) is 5.56 Å². The fraction of sp³-hybridized carbons (Fsp3) is 0.692. The van der Waals surface area contributed by atoms with E-state index < -0.39 is 0 Å². The second-order valence-corrected chi connectivity index (χ2v) is 5.18. The summed E-state index contributed by atoms with van der Waals surface area (Å²) in [6.45, 7) is 3.77. The van der Waals surface area contributed by atoms with Crippen molar-refractivity contribution in [3.8, 4) is 0 Å². The summed E-state index contributed by atoms with van der Waals surface area (Å²) < 4.78 is 8.44. The summed E-state index contributed by atoms with van der Waals surface area (Å²) >= 11 is 0. The highest BCUT2D eigenvalue weighted by atomic mass is 16.5. The number of nitrogens with two attached hydrogens (primary N) is 1. The summed E-state index contributed by atoms with van der Waals surface area (Å²) in [6.07, 6.45) is 3.66. The van der Waals surface area contributed by atoms with Crippen LogP contribution in [0.5, 0.6) is 0 Å². The fourth-order valence-electron chi connectivity index (χ4n) is 2.54. The molecular weight excluding hydrogens is 246 g/mol. The lowest BCUT2D eigenvalue weighted by Gasteiger charge is -2.17. The molecule has 0 radical (unpaired) electrons. The molecule has 0 amide bonds. The summed E-state index contributed by atoms with van der Waals surface area (Å²) in [5.41, 5.74) is 5.94. The minimum absolute atomic E-state index is 0.0144.